The van der Waals surface area contributed by atoms with Crippen molar-refractivity contribution in [3.05, 3.63) is 34.2 Å². The molecule has 0 aliphatic rings. The summed E-state index contributed by atoms with van der Waals surface area (Å²) in [7, 11) is 1.61. The highest BCUT2D eigenvalue weighted by Crippen LogP contribution is 2.30. The molecule has 2 aromatic heterocycles. The van der Waals surface area contributed by atoms with Gasteiger partial charge in [0.05, 0.1) is 29.2 Å². The van der Waals surface area contributed by atoms with Crippen molar-refractivity contribution in [2.45, 2.75) is 19.9 Å². The SMILES string of the molecule is CCNC(c1nccnc1OC)c1scnc1C. The van der Waals surface area contributed by atoms with Gasteiger partial charge in [-0.25, -0.2) is 9.97 Å². The predicted molar refractivity (Wildman–Crippen MR) is 71.0 cm³/mol. The van der Waals surface area contributed by atoms with Crippen LogP contribution in [-0.2, 0) is 0 Å². The maximum atomic E-state index is 5.28. The number of methoxy groups -OCH3 is 1. The molecule has 0 fully saturated rings. The van der Waals surface area contributed by atoms with E-state index in [4.69, 9.17) is 4.74 Å². The number of thiazole rings is 1. The molecule has 18 heavy (non-hydrogen) atoms. The van der Waals surface area contributed by atoms with Gasteiger partial charge in [0.2, 0.25) is 5.88 Å². The molecule has 5 nitrogen and oxygen atoms in total. The lowest BCUT2D eigenvalue weighted by atomic mass is 10.1. The number of aromatic nitrogens is 3. The van der Waals surface area contributed by atoms with Gasteiger partial charge in [-0.2, -0.15) is 0 Å². The van der Waals surface area contributed by atoms with Crippen LogP contribution >= 0.6 is 11.3 Å². The molecular formula is C12H16N4OS. The van der Waals surface area contributed by atoms with E-state index in [1.807, 2.05) is 12.4 Å². The van der Waals surface area contributed by atoms with Crippen LogP contribution in [0.3, 0.4) is 0 Å². The van der Waals surface area contributed by atoms with Crippen molar-refractivity contribution < 1.29 is 4.74 Å². The Morgan fingerprint density at radius 3 is 2.72 bits per heavy atom. The van der Waals surface area contributed by atoms with Gasteiger partial charge in [0, 0.05) is 12.4 Å². The smallest absolute Gasteiger partial charge is 0.237 e. The summed E-state index contributed by atoms with van der Waals surface area (Å²) in [5, 5.41) is 3.40. The third-order valence-electron chi connectivity index (χ3n) is 2.61. The van der Waals surface area contributed by atoms with Crippen molar-refractivity contribution in [2.24, 2.45) is 0 Å². The van der Waals surface area contributed by atoms with Gasteiger partial charge < -0.3 is 10.1 Å². The summed E-state index contributed by atoms with van der Waals surface area (Å²) in [6.07, 6.45) is 3.31. The first-order valence-corrected chi connectivity index (χ1v) is 6.64. The van der Waals surface area contributed by atoms with Gasteiger partial charge in [0.25, 0.3) is 0 Å². The number of hydrogen-bond donors (Lipinski definition) is 1. The van der Waals surface area contributed by atoms with Crippen LogP contribution in [0.15, 0.2) is 17.9 Å². The molecule has 0 amide bonds. The molecule has 1 atom stereocenters. The first-order chi connectivity index (χ1) is 8.77. The monoisotopic (exact) mass is 264 g/mol. The molecule has 6 heteroatoms. The molecular weight excluding hydrogens is 248 g/mol. The summed E-state index contributed by atoms with van der Waals surface area (Å²) in [6, 6.07) is -0.0221. The molecule has 2 rings (SSSR count). The fourth-order valence-electron chi connectivity index (χ4n) is 1.80. The Balaban J connectivity index is 2.45. The molecule has 0 aromatic carbocycles. The number of nitrogens with zero attached hydrogens (tertiary/aromatic N) is 3. The first kappa shape index (κ1) is 12.9. The van der Waals surface area contributed by atoms with Crippen LogP contribution in [0.25, 0.3) is 0 Å². The largest absolute Gasteiger partial charge is 0.480 e. The molecule has 1 N–H and O–H groups in total. The Bertz CT molecular complexity index is 514. The van der Waals surface area contributed by atoms with Gasteiger partial charge >= 0.3 is 0 Å². The number of hydrogen-bond acceptors (Lipinski definition) is 6. The molecule has 0 aliphatic carbocycles. The minimum atomic E-state index is -0.0221. The van der Waals surface area contributed by atoms with E-state index >= 15 is 0 Å². The van der Waals surface area contributed by atoms with E-state index in [1.165, 1.54) is 0 Å². The topological polar surface area (TPSA) is 59.9 Å². The number of rotatable bonds is 5. The van der Waals surface area contributed by atoms with Crippen molar-refractivity contribution in [1.29, 1.82) is 0 Å². The zero-order chi connectivity index (χ0) is 13.0. The Morgan fingerprint density at radius 2 is 2.11 bits per heavy atom. The van der Waals surface area contributed by atoms with Crippen LogP contribution in [0.1, 0.15) is 29.2 Å². The minimum Gasteiger partial charge on any atom is -0.480 e. The summed E-state index contributed by atoms with van der Waals surface area (Å²) in [4.78, 5) is 14.0. The predicted octanol–water partition coefficient (Wildman–Crippen LogP) is 1.95. The molecule has 0 bridgehead atoms. The number of nitrogens with one attached hydrogen (secondary N) is 1. The Labute approximate surface area is 110 Å². The molecule has 2 heterocycles. The van der Waals surface area contributed by atoms with Crippen LogP contribution < -0.4 is 10.1 Å². The average molecular weight is 264 g/mol. The van der Waals surface area contributed by atoms with Crippen molar-refractivity contribution in [1.82, 2.24) is 20.3 Å². The van der Waals surface area contributed by atoms with Crippen LogP contribution in [0.4, 0.5) is 0 Å². The summed E-state index contributed by atoms with van der Waals surface area (Å²) < 4.78 is 5.28. The molecule has 1 unspecified atom stereocenters. The zero-order valence-electron chi connectivity index (χ0n) is 10.7. The van der Waals surface area contributed by atoms with E-state index in [2.05, 4.69) is 27.2 Å². The van der Waals surface area contributed by atoms with Crippen molar-refractivity contribution >= 4 is 11.3 Å². The van der Waals surface area contributed by atoms with Crippen molar-refractivity contribution in [3.63, 3.8) is 0 Å². The second kappa shape index (κ2) is 5.88. The van der Waals surface area contributed by atoms with Crippen molar-refractivity contribution in [2.75, 3.05) is 13.7 Å². The van der Waals surface area contributed by atoms with Gasteiger partial charge in [0.1, 0.15) is 5.69 Å². The molecule has 0 spiro atoms. The van der Waals surface area contributed by atoms with E-state index in [1.54, 1.807) is 30.8 Å². The van der Waals surface area contributed by atoms with Crippen LogP contribution in [0.2, 0.25) is 0 Å². The Hall–Kier alpha value is -1.53. The third kappa shape index (κ3) is 2.49. The summed E-state index contributed by atoms with van der Waals surface area (Å²) in [6.45, 7) is 4.90. The number of aryl methyl sites for hydroxylation is 1. The van der Waals surface area contributed by atoms with Crippen LogP contribution in [0.5, 0.6) is 5.88 Å². The third-order valence-corrected chi connectivity index (χ3v) is 3.61. The zero-order valence-corrected chi connectivity index (χ0v) is 11.5. The average Bonchev–Trinajstić information content (AvgIpc) is 2.82. The highest BCUT2D eigenvalue weighted by Gasteiger charge is 2.22. The highest BCUT2D eigenvalue weighted by molar-refractivity contribution is 7.09. The quantitative estimate of drug-likeness (QED) is 0.894. The van der Waals surface area contributed by atoms with Gasteiger partial charge in [-0.15, -0.1) is 11.3 Å². The summed E-state index contributed by atoms with van der Waals surface area (Å²) in [5.74, 6) is 0.552. The minimum absolute atomic E-state index is 0.0221. The van der Waals surface area contributed by atoms with Gasteiger partial charge in [-0.1, -0.05) is 6.92 Å². The van der Waals surface area contributed by atoms with Gasteiger partial charge in [-0.3, -0.25) is 4.98 Å². The van der Waals surface area contributed by atoms with Crippen LogP contribution in [-0.4, -0.2) is 28.6 Å². The normalized spacial score (nSPS) is 12.4. The van der Waals surface area contributed by atoms with E-state index < -0.39 is 0 Å². The molecule has 2 aromatic rings. The van der Waals surface area contributed by atoms with Crippen LogP contribution in [0, 0.1) is 6.92 Å². The maximum absolute atomic E-state index is 5.28. The molecule has 96 valence electrons. The van der Waals surface area contributed by atoms with E-state index in [-0.39, 0.29) is 6.04 Å². The van der Waals surface area contributed by atoms with E-state index in [0.29, 0.717) is 5.88 Å². The lowest BCUT2D eigenvalue weighted by Gasteiger charge is -2.17. The molecule has 0 saturated carbocycles. The number of ether oxygens (including phenoxy) is 1. The first-order valence-electron chi connectivity index (χ1n) is 5.76. The van der Waals surface area contributed by atoms with E-state index in [0.717, 1.165) is 22.8 Å². The molecule has 0 saturated heterocycles. The molecule has 0 radical (unpaired) electrons. The standard InChI is InChI=1S/C12H16N4OS/c1-4-13-9(11-8(2)16-7-18-11)10-12(17-3)15-6-5-14-10/h5-7,9,13H,4H2,1-3H3. The second-order valence-electron chi connectivity index (χ2n) is 3.74. The Kier molecular flexibility index (Phi) is 4.22. The van der Waals surface area contributed by atoms with Gasteiger partial charge in [-0.05, 0) is 13.5 Å². The van der Waals surface area contributed by atoms with E-state index in [9.17, 15) is 0 Å². The maximum Gasteiger partial charge on any atom is 0.237 e. The second-order valence-corrected chi connectivity index (χ2v) is 4.63. The molecule has 0 aliphatic heterocycles. The summed E-state index contributed by atoms with van der Waals surface area (Å²) >= 11 is 1.61. The van der Waals surface area contributed by atoms with Crippen molar-refractivity contribution in [3.8, 4) is 5.88 Å². The fraction of sp³-hybridized carbons (Fsp3) is 0.417. The Morgan fingerprint density at radius 1 is 1.33 bits per heavy atom. The highest BCUT2D eigenvalue weighted by atomic mass is 32.1. The summed E-state index contributed by atoms with van der Waals surface area (Å²) in [5.41, 5.74) is 3.66. The fourth-order valence-corrected chi connectivity index (χ4v) is 2.68. The van der Waals surface area contributed by atoms with Gasteiger partial charge in [0.15, 0.2) is 0 Å². The lowest BCUT2D eigenvalue weighted by molar-refractivity contribution is 0.383. The lowest BCUT2D eigenvalue weighted by Crippen LogP contribution is -2.23.